The maximum Gasteiger partial charge on any atom is 0.312 e. The average molecular weight is 520 g/mol. The molecule has 1 aromatic heterocycles. The first-order valence-corrected chi connectivity index (χ1v) is 13.8. The molecule has 1 saturated carbocycles. The zero-order valence-corrected chi connectivity index (χ0v) is 23.0. The van der Waals surface area contributed by atoms with Crippen molar-refractivity contribution in [3.8, 4) is 0 Å². The van der Waals surface area contributed by atoms with E-state index in [9.17, 15) is 14.7 Å². The lowest BCUT2D eigenvalue weighted by molar-refractivity contribution is -0.231. The van der Waals surface area contributed by atoms with Crippen molar-refractivity contribution in [2.75, 3.05) is 6.61 Å². The van der Waals surface area contributed by atoms with Crippen molar-refractivity contribution in [1.29, 1.82) is 0 Å². The van der Waals surface area contributed by atoms with Gasteiger partial charge in [0.1, 0.15) is 11.9 Å². The van der Waals surface area contributed by atoms with Gasteiger partial charge in [0.05, 0.1) is 34.2 Å². The molecule has 2 aliphatic rings. The normalized spacial score (nSPS) is 28.4. The highest BCUT2D eigenvalue weighted by Crippen LogP contribution is 2.44. The Morgan fingerprint density at radius 3 is 2.75 bits per heavy atom. The van der Waals surface area contributed by atoms with E-state index >= 15 is 0 Å². The van der Waals surface area contributed by atoms with Gasteiger partial charge < -0.3 is 19.3 Å². The summed E-state index contributed by atoms with van der Waals surface area (Å²) in [5.41, 5.74) is 0.768. The maximum absolute atomic E-state index is 13.7. The summed E-state index contributed by atoms with van der Waals surface area (Å²) in [5.74, 6) is -1.50. The first kappa shape index (κ1) is 28.7. The zero-order valence-electron chi connectivity index (χ0n) is 22.2. The molecular weight excluding hydrogens is 478 g/mol. The number of esters is 1. The number of hydrogen-bond donors (Lipinski definition) is 1. The molecular formula is C28H41NO6S. The Balaban J connectivity index is 1.86. The van der Waals surface area contributed by atoms with Gasteiger partial charge in [-0.05, 0) is 64.5 Å². The predicted molar refractivity (Wildman–Crippen MR) is 140 cm³/mol. The standard InChI is InChI=1S/C28H41NO6S/c1-7-10-23(17(2)13-21-16-36-19(4)29-21)34-27(32)22-15-20(14-18(3)30)25(31)28(5,6)26(22)35-24-11-8-9-12-33-24/h7,13,16,18,20,22-24,26,30H,1,8-12,14-15H2,2-6H3/b17-13+/t18-,20+,22-,23?,24?,26-/m1/s1. The summed E-state index contributed by atoms with van der Waals surface area (Å²) in [5, 5.41) is 13.0. The van der Waals surface area contributed by atoms with Crippen molar-refractivity contribution in [2.24, 2.45) is 17.3 Å². The van der Waals surface area contributed by atoms with Crippen LogP contribution in [0.25, 0.3) is 6.08 Å². The van der Waals surface area contributed by atoms with Crippen molar-refractivity contribution in [3.63, 3.8) is 0 Å². The molecule has 7 nitrogen and oxygen atoms in total. The third-order valence-corrected chi connectivity index (χ3v) is 7.94. The summed E-state index contributed by atoms with van der Waals surface area (Å²) in [6, 6.07) is 0. The van der Waals surface area contributed by atoms with Crippen molar-refractivity contribution >= 4 is 29.2 Å². The molecule has 0 aromatic carbocycles. The maximum atomic E-state index is 13.7. The molecule has 0 radical (unpaired) electrons. The number of aromatic nitrogens is 1. The van der Waals surface area contributed by atoms with Crippen LogP contribution in [-0.2, 0) is 23.8 Å². The summed E-state index contributed by atoms with van der Waals surface area (Å²) in [7, 11) is 0. The summed E-state index contributed by atoms with van der Waals surface area (Å²) in [6.45, 7) is 13.6. The van der Waals surface area contributed by atoms with Crippen LogP contribution in [0, 0.1) is 24.2 Å². The fourth-order valence-corrected chi connectivity index (χ4v) is 5.84. The third-order valence-electron chi connectivity index (χ3n) is 7.15. The number of thiazole rings is 1. The van der Waals surface area contributed by atoms with E-state index < -0.39 is 47.8 Å². The summed E-state index contributed by atoms with van der Waals surface area (Å²) < 4.78 is 18.2. The first-order chi connectivity index (χ1) is 17.0. The molecule has 36 heavy (non-hydrogen) atoms. The number of aryl methyl sites for hydroxylation is 1. The van der Waals surface area contributed by atoms with E-state index in [2.05, 4.69) is 11.6 Å². The van der Waals surface area contributed by atoms with Crippen LogP contribution >= 0.6 is 11.3 Å². The molecule has 0 bridgehead atoms. The molecule has 1 aromatic rings. The molecule has 2 unspecified atom stereocenters. The molecule has 2 heterocycles. The minimum Gasteiger partial charge on any atom is -0.457 e. The molecule has 3 rings (SSSR count). The summed E-state index contributed by atoms with van der Waals surface area (Å²) in [6.07, 6.45) is 5.11. The number of rotatable bonds is 10. The van der Waals surface area contributed by atoms with Crippen LogP contribution in [0.2, 0.25) is 0 Å². The van der Waals surface area contributed by atoms with Crippen molar-refractivity contribution < 1.29 is 28.9 Å². The fourth-order valence-electron chi connectivity index (χ4n) is 5.27. The van der Waals surface area contributed by atoms with E-state index in [4.69, 9.17) is 14.2 Å². The number of aliphatic hydroxyl groups is 1. The lowest BCUT2D eigenvalue weighted by atomic mass is 9.63. The van der Waals surface area contributed by atoms with Gasteiger partial charge in [-0.15, -0.1) is 17.9 Å². The second-order valence-electron chi connectivity index (χ2n) is 10.7. The number of ketones is 1. The van der Waals surface area contributed by atoms with Gasteiger partial charge in [-0.2, -0.15) is 0 Å². The van der Waals surface area contributed by atoms with Gasteiger partial charge in [-0.3, -0.25) is 9.59 Å². The van der Waals surface area contributed by atoms with Crippen molar-refractivity contribution in [3.05, 3.63) is 34.3 Å². The van der Waals surface area contributed by atoms with E-state index in [1.807, 2.05) is 39.2 Å². The van der Waals surface area contributed by atoms with Crippen LogP contribution in [0.5, 0.6) is 0 Å². The van der Waals surface area contributed by atoms with E-state index in [0.717, 1.165) is 35.5 Å². The number of carbonyl (C=O) groups is 2. The molecule has 2 fully saturated rings. The van der Waals surface area contributed by atoms with Gasteiger partial charge in [0.25, 0.3) is 0 Å². The van der Waals surface area contributed by atoms with Crippen molar-refractivity contribution in [1.82, 2.24) is 4.98 Å². The zero-order chi connectivity index (χ0) is 26.5. The highest BCUT2D eigenvalue weighted by atomic mass is 32.1. The highest BCUT2D eigenvalue weighted by molar-refractivity contribution is 7.09. The Labute approximate surface area is 218 Å². The fraction of sp³-hybridized carbons (Fsp3) is 0.679. The van der Waals surface area contributed by atoms with Crippen LogP contribution in [0.4, 0.5) is 0 Å². The monoisotopic (exact) mass is 519 g/mol. The molecule has 1 N–H and O–H groups in total. The second-order valence-corrected chi connectivity index (χ2v) is 11.8. The number of nitrogens with zero attached hydrogens (tertiary/aromatic N) is 1. The molecule has 0 amide bonds. The minimum absolute atomic E-state index is 0.00544. The topological polar surface area (TPSA) is 95.0 Å². The number of carbonyl (C=O) groups excluding carboxylic acids is 2. The SMILES string of the molecule is C=CCC(OC(=O)[C@@H]1C[C@H](C[C@@H](C)O)C(=O)C(C)(C)[C@@H]1OC1CCCCO1)/C(C)=C/c1csc(C)n1. The van der Waals surface area contributed by atoms with Crippen molar-refractivity contribution in [2.45, 2.75) is 97.7 Å². The molecule has 1 aliphatic carbocycles. The van der Waals surface area contributed by atoms with Gasteiger partial charge in [-0.1, -0.05) is 19.9 Å². The Morgan fingerprint density at radius 2 is 2.17 bits per heavy atom. The van der Waals surface area contributed by atoms with Crippen LogP contribution in [0.15, 0.2) is 23.6 Å². The molecule has 1 aliphatic heterocycles. The first-order valence-electron chi connectivity index (χ1n) is 12.9. The quantitative estimate of drug-likeness (QED) is 0.333. The second kappa shape index (κ2) is 12.6. The lowest BCUT2D eigenvalue weighted by Crippen LogP contribution is -2.56. The summed E-state index contributed by atoms with van der Waals surface area (Å²) >= 11 is 1.57. The Morgan fingerprint density at radius 1 is 1.42 bits per heavy atom. The largest absolute Gasteiger partial charge is 0.457 e. The molecule has 200 valence electrons. The average Bonchev–Trinajstić information content (AvgIpc) is 3.23. The molecule has 8 heteroatoms. The lowest BCUT2D eigenvalue weighted by Gasteiger charge is -2.46. The molecule has 6 atom stereocenters. The number of ether oxygens (including phenoxy) is 3. The van der Waals surface area contributed by atoms with Crippen LogP contribution in [-0.4, -0.2) is 53.1 Å². The van der Waals surface area contributed by atoms with Gasteiger partial charge in [-0.25, -0.2) is 4.98 Å². The number of hydrogen-bond acceptors (Lipinski definition) is 8. The van der Waals surface area contributed by atoms with E-state index in [1.54, 1.807) is 24.3 Å². The van der Waals surface area contributed by atoms with Gasteiger partial charge in [0.15, 0.2) is 6.29 Å². The Hall–Kier alpha value is -1.87. The third kappa shape index (κ3) is 7.12. The molecule has 1 saturated heterocycles. The van der Waals surface area contributed by atoms with E-state index in [-0.39, 0.29) is 12.2 Å². The van der Waals surface area contributed by atoms with Gasteiger partial charge >= 0.3 is 5.97 Å². The minimum atomic E-state index is -0.931. The predicted octanol–water partition coefficient (Wildman–Crippen LogP) is 5.26. The Kier molecular flexibility index (Phi) is 10.0. The Bertz CT molecular complexity index is 946. The van der Waals surface area contributed by atoms with Crippen LogP contribution in [0.3, 0.4) is 0 Å². The number of aliphatic hydroxyl groups excluding tert-OH is 1. The van der Waals surface area contributed by atoms with E-state index in [0.29, 0.717) is 19.4 Å². The smallest absolute Gasteiger partial charge is 0.312 e. The molecule has 0 spiro atoms. The number of Topliss-reactive ketones (excluding diaryl/α,β-unsaturated/α-hetero) is 1. The van der Waals surface area contributed by atoms with Crippen LogP contribution < -0.4 is 0 Å². The van der Waals surface area contributed by atoms with Gasteiger partial charge in [0, 0.05) is 24.3 Å². The summed E-state index contributed by atoms with van der Waals surface area (Å²) in [4.78, 5) is 31.6. The van der Waals surface area contributed by atoms with Crippen LogP contribution in [0.1, 0.15) is 76.9 Å². The highest BCUT2D eigenvalue weighted by Gasteiger charge is 2.54. The van der Waals surface area contributed by atoms with Gasteiger partial charge in [0.2, 0.25) is 0 Å². The van der Waals surface area contributed by atoms with E-state index in [1.165, 1.54) is 0 Å².